The van der Waals surface area contributed by atoms with Gasteiger partial charge in [0, 0.05) is 32.9 Å². The molecule has 0 spiro atoms. The fourth-order valence-corrected chi connectivity index (χ4v) is 2.79. The molecule has 20 heavy (non-hydrogen) atoms. The lowest BCUT2D eigenvalue weighted by atomic mass is 9.89. The van der Waals surface area contributed by atoms with Gasteiger partial charge in [0.05, 0.1) is 5.41 Å². The third-order valence-electron chi connectivity index (χ3n) is 3.92. The van der Waals surface area contributed by atoms with Crippen LogP contribution in [-0.4, -0.2) is 42.5 Å². The van der Waals surface area contributed by atoms with Crippen LogP contribution in [-0.2, 0) is 11.3 Å². The summed E-state index contributed by atoms with van der Waals surface area (Å²) in [6, 6.07) is 4.12. The second-order valence-corrected chi connectivity index (χ2v) is 5.68. The summed E-state index contributed by atoms with van der Waals surface area (Å²) in [5.74, 6) is 1.06. The van der Waals surface area contributed by atoms with E-state index in [4.69, 9.17) is 0 Å². The van der Waals surface area contributed by atoms with Gasteiger partial charge in [0.1, 0.15) is 5.82 Å². The zero-order valence-electron chi connectivity index (χ0n) is 12.6. The molecule has 1 aromatic rings. The number of hydrogen-bond donors (Lipinski definition) is 2. The molecule has 2 heterocycles. The van der Waals surface area contributed by atoms with Crippen molar-refractivity contribution in [1.82, 2.24) is 15.2 Å². The molecule has 2 N–H and O–H groups in total. The fraction of sp³-hybridized carbons (Fsp3) is 0.600. The molecule has 1 atom stereocenters. The highest BCUT2D eigenvalue weighted by molar-refractivity contribution is 5.82. The molecule has 1 aromatic heterocycles. The second-order valence-electron chi connectivity index (χ2n) is 5.68. The normalized spacial score (nSPS) is 22.8. The molecule has 1 amide bonds. The molecule has 2 rings (SSSR count). The van der Waals surface area contributed by atoms with Gasteiger partial charge in [-0.2, -0.15) is 0 Å². The summed E-state index contributed by atoms with van der Waals surface area (Å²) in [5.41, 5.74) is 0.976. The lowest BCUT2D eigenvalue weighted by Gasteiger charge is -2.22. The number of aromatic nitrogens is 1. The van der Waals surface area contributed by atoms with E-state index in [1.807, 2.05) is 19.2 Å². The number of nitrogens with one attached hydrogen (secondary N) is 2. The standard InChI is InChI=1S/C15H24N4O/c1-4-17-13-9-12(5-7-18-13)10-19-8-6-15(2,11-19)14(20)16-3/h5,7,9H,4,6,8,10-11H2,1-3H3,(H,16,20)(H,17,18). The highest BCUT2D eigenvalue weighted by Gasteiger charge is 2.39. The quantitative estimate of drug-likeness (QED) is 0.855. The third kappa shape index (κ3) is 3.28. The first-order chi connectivity index (χ1) is 9.57. The van der Waals surface area contributed by atoms with Gasteiger partial charge in [0.15, 0.2) is 0 Å². The summed E-state index contributed by atoms with van der Waals surface area (Å²) in [4.78, 5) is 18.5. The lowest BCUT2D eigenvalue weighted by molar-refractivity contribution is -0.129. The molecule has 5 heteroatoms. The predicted molar refractivity (Wildman–Crippen MR) is 80.5 cm³/mol. The maximum absolute atomic E-state index is 11.9. The Balaban J connectivity index is 1.98. The Labute approximate surface area is 120 Å². The average Bonchev–Trinajstić information content (AvgIpc) is 2.81. The van der Waals surface area contributed by atoms with Gasteiger partial charge in [0.2, 0.25) is 5.91 Å². The molecule has 1 fully saturated rings. The molecule has 0 radical (unpaired) electrons. The van der Waals surface area contributed by atoms with Crippen molar-refractivity contribution in [3.8, 4) is 0 Å². The number of amides is 1. The molecule has 1 aliphatic heterocycles. The van der Waals surface area contributed by atoms with Crippen molar-refractivity contribution in [1.29, 1.82) is 0 Å². The van der Waals surface area contributed by atoms with Crippen molar-refractivity contribution in [2.75, 3.05) is 32.0 Å². The average molecular weight is 276 g/mol. The van der Waals surface area contributed by atoms with Gasteiger partial charge in [-0.3, -0.25) is 9.69 Å². The van der Waals surface area contributed by atoms with E-state index in [1.54, 1.807) is 7.05 Å². The first-order valence-electron chi connectivity index (χ1n) is 7.21. The van der Waals surface area contributed by atoms with E-state index in [-0.39, 0.29) is 11.3 Å². The van der Waals surface area contributed by atoms with Crippen LogP contribution in [0.1, 0.15) is 25.8 Å². The summed E-state index contributed by atoms with van der Waals surface area (Å²) in [6.07, 6.45) is 2.75. The van der Waals surface area contributed by atoms with Crippen LogP contribution in [0.5, 0.6) is 0 Å². The van der Waals surface area contributed by atoms with Crippen LogP contribution in [0.15, 0.2) is 18.3 Å². The van der Waals surface area contributed by atoms with Crippen LogP contribution < -0.4 is 10.6 Å². The first kappa shape index (κ1) is 14.8. The maximum atomic E-state index is 11.9. The van der Waals surface area contributed by atoms with Crippen LogP contribution in [0, 0.1) is 5.41 Å². The topological polar surface area (TPSA) is 57.3 Å². The summed E-state index contributed by atoms with van der Waals surface area (Å²) >= 11 is 0. The molecular formula is C15H24N4O. The Morgan fingerprint density at radius 2 is 2.35 bits per heavy atom. The summed E-state index contributed by atoms with van der Waals surface area (Å²) < 4.78 is 0. The molecule has 1 saturated heterocycles. The van der Waals surface area contributed by atoms with Gasteiger partial charge in [-0.1, -0.05) is 0 Å². The minimum atomic E-state index is -0.258. The van der Waals surface area contributed by atoms with E-state index in [2.05, 4.69) is 33.5 Å². The minimum absolute atomic E-state index is 0.142. The van der Waals surface area contributed by atoms with E-state index in [0.29, 0.717) is 0 Å². The van der Waals surface area contributed by atoms with Crippen molar-refractivity contribution in [3.63, 3.8) is 0 Å². The summed E-state index contributed by atoms with van der Waals surface area (Å²) in [7, 11) is 1.71. The van der Waals surface area contributed by atoms with Crippen molar-refractivity contribution < 1.29 is 4.79 Å². The SMILES string of the molecule is CCNc1cc(CN2CCC(C)(C(=O)NC)C2)ccn1. The van der Waals surface area contributed by atoms with E-state index in [1.165, 1.54) is 5.56 Å². The fourth-order valence-electron chi connectivity index (χ4n) is 2.79. The molecule has 0 aliphatic carbocycles. The summed E-state index contributed by atoms with van der Waals surface area (Å²) in [5, 5.41) is 5.99. The van der Waals surface area contributed by atoms with Gasteiger partial charge >= 0.3 is 0 Å². The molecular weight excluding hydrogens is 252 g/mol. The van der Waals surface area contributed by atoms with E-state index in [0.717, 1.165) is 38.4 Å². The maximum Gasteiger partial charge on any atom is 0.227 e. The van der Waals surface area contributed by atoms with Crippen LogP contribution >= 0.6 is 0 Å². The Morgan fingerprint density at radius 3 is 3.05 bits per heavy atom. The van der Waals surface area contributed by atoms with Crippen molar-refractivity contribution in [2.45, 2.75) is 26.8 Å². The van der Waals surface area contributed by atoms with E-state index >= 15 is 0 Å². The molecule has 0 aromatic carbocycles. The van der Waals surface area contributed by atoms with Crippen LogP contribution in [0.3, 0.4) is 0 Å². The molecule has 0 saturated carbocycles. The number of pyridine rings is 1. The first-order valence-corrected chi connectivity index (χ1v) is 7.21. The number of likely N-dealkylation sites (tertiary alicyclic amines) is 1. The Kier molecular flexibility index (Phi) is 4.60. The van der Waals surface area contributed by atoms with Gasteiger partial charge in [-0.25, -0.2) is 4.98 Å². The Hall–Kier alpha value is -1.62. The second kappa shape index (κ2) is 6.22. The van der Waals surface area contributed by atoms with Crippen LogP contribution in [0.2, 0.25) is 0 Å². The Bertz CT molecular complexity index is 477. The zero-order valence-corrected chi connectivity index (χ0v) is 12.6. The molecule has 1 aliphatic rings. The van der Waals surface area contributed by atoms with Gasteiger partial charge in [0.25, 0.3) is 0 Å². The van der Waals surface area contributed by atoms with Crippen molar-refractivity contribution >= 4 is 11.7 Å². The number of carbonyl (C=O) groups excluding carboxylic acids is 1. The third-order valence-corrected chi connectivity index (χ3v) is 3.92. The van der Waals surface area contributed by atoms with Gasteiger partial charge < -0.3 is 10.6 Å². The molecule has 1 unspecified atom stereocenters. The Morgan fingerprint density at radius 1 is 1.55 bits per heavy atom. The van der Waals surface area contributed by atoms with E-state index < -0.39 is 0 Å². The number of rotatable bonds is 5. The smallest absolute Gasteiger partial charge is 0.227 e. The highest BCUT2D eigenvalue weighted by Crippen LogP contribution is 2.31. The van der Waals surface area contributed by atoms with Gasteiger partial charge in [-0.15, -0.1) is 0 Å². The van der Waals surface area contributed by atoms with E-state index in [9.17, 15) is 4.79 Å². The molecule has 0 bridgehead atoms. The number of carbonyl (C=O) groups is 1. The van der Waals surface area contributed by atoms with Gasteiger partial charge in [-0.05, 0) is 44.5 Å². The van der Waals surface area contributed by atoms with Crippen LogP contribution in [0.25, 0.3) is 0 Å². The summed E-state index contributed by atoms with van der Waals surface area (Å²) in [6.45, 7) is 7.61. The zero-order chi connectivity index (χ0) is 14.6. The largest absolute Gasteiger partial charge is 0.370 e. The molecule has 110 valence electrons. The number of anilines is 1. The minimum Gasteiger partial charge on any atom is -0.370 e. The van der Waals surface area contributed by atoms with Crippen molar-refractivity contribution in [3.05, 3.63) is 23.9 Å². The predicted octanol–water partition coefficient (Wildman–Crippen LogP) is 1.47. The monoisotopic (exact) mass is 276 g/mol. The van der Waals surface area contributed by atoms with Crippen LogP contribution in [0.4, 0.5) is 5.82 Å². The lowest BCUT2D eigenvalue weighted by Crippen LogP contribution is -2.39. The molecule has 5 nitrogen and oxygen atoms in total. The van der Waals surface area contributed by atoms with Crippen molar-refractivity contribution in [2.24, 2.45) is 5.41 Å². The number of hydrogen-bond acceptors (Lipinski definition) is 4. The number of nitrogens with zero attached hydrogens (tertiary/aromatic N) is 2. The highest BCUT2D eigenvalue weighted by atomic mass is 16.2.